The number of carbonyl (C=O) groups is 3. The molecule has 55 heavy (non-hydrogen) atoms. The van der Waals surface area contributed by atoms with Gasteiger partial charge in [-0.2, -0.15) is 0 Å². The summed E-state index contributed by atoms with van der Waals surface area (Å²) in [7, 11) is 2.93. The Hall–Kier alpha value is -5.69. The Bertz CT molecular complexity index is 2090. The molecule has 1 aromatic heterocycles. The minimum Gasteiger partial charge on any atom is -0.453 e. The molecule has 13 nitrogen and oxygen atoms in total. The smallest absolute Gasteiger partial charge is 0.407 e. The van der Waals surface area contributed by atoms with Gasteiger partial charge in [0, 0.05) is 43.5 Å². The minimum atomic E-state index is -0.924. The van der Waals surface area contributed by atoms with Crippen LogP contribution in [0.2, 0.25) is 0 Å². The van der Waals surface area contributed by atoms with Crippen LogP contribution in [0.5, 0.6) is 5.75 Å². The summed E-state index contributed by atoms with van der Waals surface area (Å²) in [5.41, 5.74) is 10.2. The predicted molar refractivity (Wildman–Crippen MR) is 213 cm³/mol. The van der Waals surface area contributed by atoms with Crippen molar-refractivity contribution < 1.29 is 28.7 Å². The highest BCUT2D eigenvalue weighted by molar-refractivity contribution is 6.06. The number of rotatable bonds is 14. The fourth-order valence-corrected chi connectivity index (χ4v) is 7.62. The molecular formula is C42H51N7O6. The van der Waals surface area contributed by atoms with Crippen LogP contribution < -0.4 is 15.9 Å². The number of amidine groups is 1. The maximum atomic E-state index is 14.1. The van der Waals surface area contributed by atoms with Crippen LogP contribution in [0.25, 0.3) is 27.4 Å². The van der Waals surface area contributed by atoms with Crippen LogP contribution in [0.3, 0.4) is 0 Å². The van der Waals surface area contributed by atoms with Crippen LogP contribution in [0.1, 0.15) is 81.4 Å². The molecule has 2 aliphatic rings. The maximum Gasteiger partial charge on any atom is 0.407 e. The van der Waals surface area contributed by atoms with E-state index in [-0.39, 0.29) is 29.6 Å². The van der Waals surface area contributed by atoms with Gasteiger partial charge in [-0.25, -0.2) is 9.78 Å². The number of aromatic amines is 1. The lowest BCUT2D eigenvalue weighted by Crippen LogP contribution is -2.44. The number of nitrogens with one attached hydrogen (secondary N) is 2. The van der Waals surface area contributed by atoms with Gasteiger partial charge in [-0.1, -0.05) is 74.1 Å². The van der Waals surface area contributed by atoms with E-state index in [1.54, 1.807) is 16.9 Å². The second-order valence-corrected chi connectivity index (χ2v) is 14.1. The van der Waals surface area contributed by atoms with Crippen LogP contribution >= 0.6 is 0 Å². The van der Waals surface area contributed by atoms with Crippen LogP contribution in [0, 0.1) is 5.92 Å². The monoisotopic (exact) mass is 749 g/mol. The van der Waals surface area contributed by atoms with Crippen LogP contribution in [0.15, 0.2) is 78.5 Å². The molecule has 4 N–H and O–H groups in total. The maximum absolute atomic E-state index is 14.1. The summed E-state index contributed by atoms with van der Waals surface area (Å²) in [5.74, 6) is 1.22. The van der Waals surface area contributed by atoms with Crippen molar-refractivity contribution in [3.05, 3.63) is 90.3 Å². The molecule has 290 valence electrons. The van der Waals surface area contributed by atoms with Gasteiger partial charge < -0.3 is 40.1 Å². The van der Waals surface area contributed by atoms with Crippen molar-refractivity contribution in [2.75, 3.05) is 33.9 Å². The second kappa shape index (κ2) is 17.6. The molecule has 2 fully saturated rings. The zero-order valence-electron chi connectivity index (χ0n) is 32.0. The first kappa shape index (κ1) is 39.0. The summed E-state index contributed by atoms with van der Waals surface area (Å²) in [4.78, 5) is 57.8. The molecule has 0 bridgehead atoms. The van der Waals surface area contributed by atoms with Gasteiger partial charge in [-0.05, 0) is 66.8 Å². The average Bonchev–Trinajstić information content (AvgIpc) is 3.97. The van der Waals surface area contributed by atoms with E-state index in [4.69, 9.17) is 25.0 Å². The van der Waals surface area contributed by atoms with Crippen molar-refractivity contribution in [1.82, 2.24) is 25.1 Å². The number of nitrogens with two attached hydrogens (primary N) is 1. The van der Waals surface area contributed by atoms with Crippen molar-refractivity contribution in [3.8, 4) is 5.75 Å². The molecule has 3 heterocycles. The molecule has 4 atom stereocenters. The van der Waals surface area contributed by atoms with Gasteiger partial charge in [0.1, 0.15) is 11.9 Å². The highest BCUT2D eigenvalue weighted by atomic mass is 16.6. The van der Waals surface area contributed by atoms with Crippen molar-refractivity contribution in [2.24, 2.45) is 16.8 Å². The molecular weight excluding hydrogens is 699 g/mol. The molecule has 3 amide bonds. The van der Waals surface area contributed by atoms with Gasteiger partial charge >= 0.3 is 6.09 Å². The van der Waals surface area contributed by atoms with E-state index in [1.807, 2.05) is 73.7 Å². The lowest BCUT2D eigenvalue weighted by atomic mass is 9.99. The number of ether oxygens (including phenoxy) is 2. The second-order valence-electron chi connectivity index (χ2n) is 14.1. The number of aromatic nitrogens is 2. The summed E-state index contributed by atoms with van der Waals surface area (Å²) < 4.78 is 10.3. The zero-order chi connectivity index (χ0) is 39.1. The highest BCUT2D eigenvalue weighted by Gasteiger charge is 2.39. The summed E-state index contributed by atoms with van der Waals surface area (Å²) in [6, 6.07) is 15.3. The third kappa shape index (κ3) is 8.51. The van der Waals surface area contributed by atoms with E-state index >= 15 is 0 Å². The molecule has 4 aromatic rings. The molecule has 6 rings (SSSR count). The van der Waals surface area contributed by atoms with Crippen molar-refractivity contribution in [2.45, 2.75) is 70.5 Å². The van der Waals surface area contributed by atoms with Gasteiger partial charge in [-0.3, -0.25) is 9.59 Å². The standard InChI is InChI=1S/C42H51N7O6/c1-6-8-14-26(3)30-22-29-18-19-32-38(31(29)23-35(30)55-47-39(43)34-21-27(25-53-4)24-49(34)36(50)13-7-2)45-40(44-32)33-17-12-20-48(33)41(51)37(46-42(52)54-5)28-15-10-9-11-16-28/h8-11,14-16,18-19,22-23,27,33-34,37H,3,6-7,12-13,17,20-21,24-25H2,1-2,4-5H3,(H2,43,47)(H,44,45)(H,46,52)/b14-8-/t27-,33-,34-,37+/m0/s1. The number of hydrogen-bond donors (Lipinski definition) is 3. The van der Waals surface area contributed by atoms with E-state index in [9.17, 15) is 14.4 Å². The Morgan fingerprint density at radius 3 is 2.65 bits per heavy atom. The fraction of sp³-hybridized carbons (Fsp3) is 0.405. The molecule has 0 aliphatic carbocycles. The van der Waals surface area contributed by atoms with E-state index < -0.39 is 18.2 Å². The van der Waals surface area contributed by atoms with Gasteiger partial charge in [0.15, 0.2) is 11.6 Å². The summed E-state index contributed by atoms with van der Waals surface area (Å²) in [6.45, 7) is 9.93. The van der Waals surface area contributed by atoms with Gasteiger partial charge in [0.05, 0.1) is 36.8 Å². The summed E-state index contributed by atoms with van der Waals surface area (Å²) in [6.07, 6.45) is 7.38. The lowest BCUT2D eigenvalue weighted by Gasteiger charge is -2.28. The number of methoxy groups -OCH3 is 2. The summed E-state index contributed by atoms with van der Waals surface area (Å²) >= 11 is 0. The van der Waals surface area contributed by atoms with Crippen molar-refractivity contribution >= 4 is 51.1 Å². The molecule has 0 saturated carbocycles. The van der Waals surface area contributed by atoms with E-state index in [0.717, 1.165) is 46.7 Å². The number of allylic oxidation sites excluding steroid dienone is 3. The van der Waals surface area contributed by atoms with Gasteiger partial charge in [0.25, 0.3) is 5.91 Å². The van der Waals surface area contributed by atoms with Crippen LogP contribution in [0.4, 0.5) is 4.79 Å². The number of oxime groups is 1. The molecule has 0 radical (unpaired) electrons. The molecule has 2 aliphatic heterocycles. The topological polar surface area (TPSA) is 164 Å². The summed E-state index contributed by atoms with van der Waals surface area (Å²) in [5, 5.41) is 8.87. The predicted octanol–water partition coefficient (Wildman–Crippen LogP) is 6.77. The number of alkyl carbamates (subject to hydrolysis) is 1. The van der Waals surface area contributed by atoms with E-state index in [1.165, 1.54) is 7.11 Å². The lowest BCUT2D eigenvalue weighted by molar-refractivity contribution is -0.134. The Morgan fingerprint density at radius 2 is 1.93 bits per heavy atom. The Balaban J connectivity index is 1.35. The first-order valence-corrected chi connectivity index (χ1v) is 19.0. The zero-order valence-corrected chi connectivity index (χ0v) is 32.0. The number of carbonyl (C=O) groups excluding carboxylic acids is 3. The SMILES string of the molecule is C=C(/C=C\CC)c1cc2ccc3[nH]c([C@@H]4CCCN4C(=O)[C@H](NC(=O)OC)c4ccccc4)nc3c2cc1O/N=C(\N)[C@@H]1C[C@H](COC)CN1C(=O)CCC. The average molecular weight is 750 g/mol. The quantitative estimate of drug-likeness (QED) is 0.0550. The highest BCUT2D eigenvalue weighted by Crippen LogP contribution is 2.38. The first-order valence-electron chi connectivity index (χ1n) is 19.0. The largest absolute Gasteiger partial charge is 0.453 e. The van der Waals surface area contributed by atoms with Gasteiger partial charge in [0.2, 0.25) is 5.91 Å². The van der Waals surface area contributed by atoms with Crippen molar-refractivity contribution in [1.29, 1.82) is 0 Å². The number of nitrogens with zero attached hydrogens (tertiary/aromatic N) is 4. The third-order valence-electron chi connectivity index (χ3n) is 10.3. The van der Waals surface area contributed by atoms with Crippen molar-refractivity contribution in [3.63, 3.8) is 0 Å². The number of amides is 3. The van der Waals surface area contributed by atoms with Crippen LogP contribution in [-0.4, -0.2) is 83.5 Å². The molecule has 2 saturated heterocycles. The Morgan fingerprint density at radius 1 is 1.13 bits per heavy atom. The van der Waals surface area contributed by atoms with Crippen LogP contribution in [-0.2, 0) is 19.1 Å². The molecule has 3 aromatic carbocycles. The number of hydrogen-bond acceptors (Lipinski definition) is 8. The molecule has 13 heteroatoms. The normalized spacial score (nSPS) is 19.3. The Kier molecular flexibility index (Phi) is 12.5. The fourth-order valence-electron chi connectivity index (χ4n) is 7.62. The first-order chi connectivity index (χ1) is 26.7. The molecule has 0 spiro atoms. The number of benzene rings is 3. The number of imidazole rings is 1. The number of likely N-dealkylation sites (tertiary alicyclic amines) is 2. The van der Waals surface area contributed by atoms with E-state index in [2.05, 4.69) is 29.0 Å². The number of H-pyrrole nitrogens is 1. The Labute approximate surface area is 321 Å². The van der Waals surface area contributed by atoms with E-state index in [0.29, 0.717) is 61.6 Å². The molecule has 0 unspecified atom stereocenters. The number of fused-ring (bicyclic) bond motifs is 3. The van der Waals surface area contributed by atoms with Gasteiger partial charge in [-0.15, -0.1) is 0 Å². The third-order valence-corrected chi connectivity index (χ3v) is 10.3. The minimum absolute atomic E-state index is 0.0308.